The number of hydrogen-bond donors (Lipinski definition) is 3. The quantitative estimate of drug-likeness (QED) is 0.332. The zero-order valence-corrected chi connectivity index (χ0v) is 26.8. The minimum atomic E-state index is -2.37. The third-order valence-corrected chi connectivity index (χ3v) is 12.1. The molecule has 11 nitrogen and oxygen atoms in total. The minimum Gasteiger partial charge on any atom is -0.543 e. The van der Waals surface area contributed by atoms with Crippen LogP contribution in [0.4, 0.5) is 4.79 Å². The van der Waals surface area contributed by atoms with Gasteiger partial charge in [0.1, 0.15) is 35.8 Å². The molecule has 1 aliphatic heterocycles. The highest BCUT2D eigenvalue weighted by atomic mass is 32.2. The molecule has 0 fully saturated rings. The number of benzene rings is 1. The number of hydrogen-bond acceptors (Lipinski definition) is 9. The standard InChI is InChI=1S/C27H42N2O9SSi/c1-15-19(35-8)11-20(38-40(9,10)27(5,6)7)16-13-39-14-18(23(31)32)28-22(30)17(12-36-24(33)21(15)16)29-25(34)37-26(2,3)4/h11,17-18H,12-14H2,1-10H3,(H,28,30)(H,29,34)(H,31,32)/t17-,18-/m0/s1. The molecule has 0 spiro atoms. The number of fused-ring (bicyclic) bond motifs is 1. The zero-order valence-electron chi connectivity index (χ0n) is 25.0. The second kappa shape index (κ2) is 12.7. The topological polar surface area (TPSA) is 149 Å². The third kappa shape index (κ3) is 8.53. The van der Waals surface area contributed by atoms with Gasteiger partial charge in [0.15, 0.2) is 0 Å². The van der Waals surface area contributed by atoms with Crippen LogP contribution < -0.4 is 19.8 Å². The highest BCUT2D eigenvalue weighted by molar-refractivity contribution is 7.98. The Morgan fingerprint density at radius 2 is 1.77 bits per heavy atom. The van der Waals surface area contributed by atoms with Crippen molar-refractivity contribution in [1.29, 1.82) is 0 Å². The van der Waals surface area contributed by atoms with Crippen molar-refractivity contribution in [3.05, 3.63) is 22.8 Å². The summed E-state index contributed by atoms with van der Waals surface area (Å²) in [5.41, 5.74) is 0.421. The third-order valence-electron chi connectivity index (χ3n) is 6.74. The Morgan fingerprint density at radius 1 is 1.15 bits per heavy atom. The van der Waals surface area contributed by atoms with E-state index in [-0.39, 0.29) is 22.1 Å². The number of methoxy groups -OCH3 is 1. The molecule has 1 aromatic rings. The number of esters is 1. The molecular formula is C27H42N2O9SSi. The Labute approximate surface area is 241 Å². The summed E-state index contributed by atoms with van der Waals surface area (Å²) >= 11 is 1.22. The van der Waals surface area contributed by atoms with Crippen LogP contribution in [0.2, 0.25) is 18.1 Å². The number of thioether (sulfide) groups is 1. The molecule has 2 amide bonds. The maximum absolute atomic E-state index is 13.6. The van der Waals surface area contributed by atoms with Crippen LogP contribution in [-0.2, 0) is 24.8 Å². The molecule has 0 bridgehead atoms. The monoisotopic (exact) mass is 598 g/mol. The van der Waals surface area contributed by atoms with Crippen LogP contribution in [0.15, 0.2) is 6.07 Å². The van der Waals surface area contributed by atoms with Crippen LogP contribution in [0.1, 0.15) is 63.0 Å². The summed E-state index contributed by atoms with van der Waals surface area (Å²) in [7, 11) is -0.880. The molecule has 0 unspecified atom stereocenters. The first-order valence-corrected chi connectivity index (χ1v) is 17.0. The van der Waals surface area contributed by atoms with Crippen LogP contribution >= 0.6 is 11.8 Å². The first-order valence-electron chi connectivity index (χ1n) is 12.9. The Kier molecular flexibility index (Phi) is 10.6. The van der Waals surface area contributed by atoms with Gasteiger partial charge < -0.3 is 34.4 Å². The summed E-state index contributed by atoms with van der Waals surface area (Å²) in [5.74, 6) is -1.69. The number of amides is 2. The maximum atomic E-state index is 13.6. The van der Waals surface area contributed by atoms with Crippen LogP contribution in [0, 0.1) is 6.92 Å². The van der Waals surface area contributed by atoms with E-state index >= 15 is 0 Å². The Balaban J connectivity index is 2.61. The molecule has 1 aliphatic rings. The van der Waals surface area contributed by atoms with Crippen molar-refractivity contribution in [2.75, 3.05) is 19.5 Å². The van der Waals surface area contributed by atoms with Gasteiger partial charge in [0.05, 0.1) is 12.7 Å². The highest BCUT2D eigenvalue weighted by Gasteiger charge is 2.40. The second-order valence-corrected chi connectivity index (χ2v) is 17.9. The predicted octanol–water partition coefficient (Wildman–Crippen LogP) is 4.25. The number of carboxylic acids is 1. The fraction of sp³-hybridized carbons (Fsp3) is 0.630. The molecule has 0 aliphatic carbocycles. The largest absolute Gasteiger partial charge is 0.543 e. The number of alkyl carbamates (subject to hydrolysis) is 1. The lowest BCUT2D eigenvalue weighted by Gasteiger charge is -2.37. The van der Waals surface area contributed by atoms with Crippen LogP contribution in [0.3, 0.4) is 0 Å². The number of carboxylic acid groups (broad SMARTS) is 1. The van der Waals surface area contributed by atoms with E-state index in [1.807, 2.05) is 0 Å². The van der Waals surface area contributed by atoms with Crippen molar-refractivity contribution < 1.29 is 42.9 Å². The molecule has 13 heteroatoms. The number of nitrogens with one attached hydrogen (secondary N) is 2. The summed E-state index contributed by atoms with van der Waals surface area (Å²) in [6.07, 6.45) is -0.916. The summed E-state index contributed by atoms with van der Waals surface area (Å²) in [6.45, 7) is 16.6. The van der Waals surface area contributed by atoms with E-state index in [9.17, 15) is 24.3 Å². The van der Waals surface area contributed by atoms with Gasteiger partial charge in [-0.25, -0.2) is 14.4 Å². The molecule has 224 valence electrons. The van der Waals surface area contributed by atoms with Crippen molar-refractivity contribution in [2.45, 2.75) is 90.0 Å². The van der Waals surface area contributed by atoms with Crippen molar-refractivity contribution in [3.63, 3.8) is 0 Å². The van der Waals surface area contributed by atoms with E-state index in [4.69, 9.17) is 18.6 Å². The predicted molar refractivity (Wildman–Crippen MR) is 155 cm³/mol. The molecule has 0 saturated carbocycles. The maximum Gasteiger partial charge on any atom is 0.408 e. The minimum absolute atomic E-state index is 0.000667. The van der Waals surface area contributed by atoms with Gasteiger partial charge in [-0.2, -0.15) is 11.8 Å². The van der Waals surface area contributed by atoms with Gasteiger partial charge in [-0.15, -0.1) is 0 Å². The highest BCUT2D eigenvalue weighted by Crippen LogP contribution is 2.42. The molecule has 1 heterocycles. The van der Waals surface area contributed by atoms with Gasteiger partial charge in [-0.1, -0.05) is 20.8 Å². The van der Waals surface area contributed by atoms with Crippen molar-refractivity contribution in [1.82, 2.24) is 10.6 Å². The van der Waals surface area contributed by atoms with Gasteiger partial charge in [0.2, 0.25) is 14.2 Å². The molecule has 0 radical (unpaired) electrons. The average molecular weight is 599 g/mol. The van der Waals surface area contributed by atoms with Gasteiger partial charge in [-0.05, 0) is 45.8 Å². The number of ether oxygens (including phenoxy) is 3. The van der Waals surface area contributed by atoms with E-state index < -0.39 is 56.5 Å². The molecule has 40 heavy (non-hydrogen) atoms. The summed E-state index contributed by atoms with van der Waals surface area (Å²) in [5, 5.41) is 14.4. The van der Waals surface area contributed by atoms with E-state index in [2.05, 4.69) is 44.5 Å². The second-order valence-electron chi connectivity index (χ2n) is 12.1. The first-order chi connectivity index (χ1) is 18.3. The number of aliphatic carboxylic acids is 1. The molecule has 0 saturated heterocycles. The number of carbonyl (C=O) groups is 4. The fourth-order valence-corrected chi connectivity index (χ4v) is 5.64. The van der Waals surface area contributed by atoms with E-state index in [1.165, 1.54) is 18.9 Å². The van der Waals surface area contributed by atoms with Gasteiger partial charge in [0, 0.05) is 28.7 Å². The average Bonchev–Trinajstić information content (AvgIpc) is 2.79. The Morgan fingerprint density at radius 3 is 2.30 bits per heavy atom. The normalized spacial score (nSPS) is 19.1. The van der Waals surface area contributed by atoms with E-state index in [1.54, 1.807) is 33.8 Å². The van der Waals surface area contributed by atoms with Crippen molar-refractivity contribution in [2.24, 2.45) is 0 Å². The lowest BCUT2D eigenvalue weighted by Crippen LogP contribution is -2.55. The summed E-state index contributed by atoms with van der Waals surface area (Å²) in [4.78, 5) is 51.0. The van der Waals surface area contributed by atoms with Crippen LogP contribution in [-0.4, -0.2) is 74.5 Å². The Hall–Kier alpha value is -2.93. The van der Waals surface area contributed by atoms with Gasteiger partial charge in [0.25, 0.3) is 0 Å². The van der Waals surface area contributed by atoms with E-state index in [0.717, 1.165) is 0 Å². The van der Waals surface area contributed by atoms with E-state index in [0.29, 0.717) is 22.6 Å². The lowest BCUT2D eigenvalue weighted by atomic mass is 10.0. The lowest BCUT2D eigenvalue weighted by molar-refractivity contribution is -0.141. The molecule has 2 atom stereocenters. The summed E-state index contributed by atoms with van der Waals surface area (Å²) in [6, 6.07) is -0.914. The molecule has 1 aromatic carbocycles. The van der Waals surface area contributed by atoms with Gasteiger partial charge >= 0.3 is 18.0 Å². The Bertz CT molecular complexity index is 1140. The van der Waals surface area contributed by atoms with Crippen LogP contribution in [0.5, 0.6) is 11.5 Å². The smallest absolute Gasteiger partial charge is 0.408 e. The molecule has 3 N–H and O–H groups in total. The zero-order chi connectivity index (χ0) is 30.6. The molecular weight excluding hydrogens is 556 g/mol. The van der Waals surface area contributed by atoms with Gasteiger partial charge in [-0.3, -0.25) is 4.79 Å². The molecule has 0 aromatic heterocycles. The molecule has 2 rings (SSSR count). The number of carbonyl (C=O) groups excluding carboxylic acids is 3. The number of cyclic esters (lactones) is 1. The number of rotatable bonds is 5. The first kappa shape index (κ1) is 33.3. The fourth-order valence-electron chi connectivity index (χ4n) is 3.53. The summed E-state index contributed by atoms with van der Waals surface area (Å²) < 4.78 is 23.0. The van der Waals surface area contributed by atoms with Crippen LogP contribution in [0.25, 0.3) is 0 Å². The van der Waals surface area contributed by atoms with Crippen molar-refractivity contribution in [3.8, 4) is 11.5 Å². The van der Waals surface area contributed by atoms with Crippen molar-refractivity contribution >= 4 is 44.0 Å². The SMILES string of the molecule is COc1cc(O[Si](C)(C)C(C)(C)C)c2c(c1C)C(=O)OC[C@H](NC(=O)OC(C)(C)C)C(=O)N[C@H](C(=O)O)CSC2.